The molecule has 0 bridgehead atoms. The molecule has 0 fully saturated rings. The van der Waals surface area contributed by atoms with E-state index in [2.05, 4.69) is 0 Å². The molecule has 0 aromatic carbocycles. The Morgan fingerprint density at radius 1 is 0.735 bits per heavy atom. The van der Waals surface area contributed by atoms with Gasteiger partial charge in [0.25, 0.3) is 0 Å². The van der Waals surface area contributed by atoms with Crippen LogP contribution < -0.4 is 28.7 Å². The maximum absolute atomic E-state index is 10.2. The van der Waals surface area contributed by atoms with Crippen LogP contribution in [-0.4, -0.2) is 97.3 Å². The van der Waals surface area contributed by atoms with E-state index in [1.807, 2.05) is 13.8 Å². The normalized spacial score (nSPS) is 15.0. The quantitative estimate of drug-likeness (QED) is 0.129. The Hall–Kier alpha value is -2.89. The largest absolute Gasteiger partial charge is 0.480 e. The molecule has 0 saturated heterocycles. The van der Waals surface area contributed by atoms with Gasteiger partial charge >= 0.3 is 23.9 Å². The third-order valence-corrected chi connectivity index (χ3v) is 3.88. The summed E-state index contributed by atoms with van der Waals surface area (Å²) < 4.78 is 0. The van der Waals surface area contributed by atoms with Crippen molar-refractivity contribution in [2.24, 2.45) is 34.6 Å². The number of nitrogens with two attached hydrogens (primary N) is 5. The summed E-state index contributed by atoms with van der Waals surface area (Å²) in [5.74, 6) is -4.84. The topological polar surface area (TPSA) is 337 Å². The first-order chi connectivity index (χ1) is 15.4. The summed E-state index contributed by atoms with van der Waals surface area (Å²) in [6, 6.07) is -3.96. The number of hydrogen-bond donors (Lipinski definition) is 11. The predicted octanol–water partition coefficient (Wildman–Crippen LogP) is -3.72. The molecule has 0 saturated carbocycles. The van der Waals surface area contributed by atoms with Crippen LogP contribution in [0.25, 0.3) is 0 Å². The average molecular weight is 502 g/mol. The average Bonchev–Trinajstić information content (AvgIpc) is 2.75. The Labute approximate surface area is 196 Å². The summed E-state index contributed by atoms with van der Waals surface area (Å²) in [5.41, 5.74) is 24.8. The Morgan fingerprint density at radius 3 is 1.24 bits per heavy atom. The van der Waals surface area contributed by atoms with E-state index in [0.717, 1.165) is 6.42 Å². The maximum atomic E-state index is 10.2. The van der Waals surface area contributed by atoms with Crippen LogP contribution in [0.1, 0.15) is 40.0 Å². The number of aliphatic carboxylic acids is 4. The summed E-state index contributed by atoms with van der Waals surface area (Å²) in [4.78, 5) is 49.8. The molecule has 0 aliphatic heterocycles. The van der Waals surface area contributed by atoms with Gasteiger partial charge in [-0.2, -0.15) is 0 Å². The zero-order valence-electron chi connectivity index (χ0n) is 19.4. The van der Waals surface area contributed by atoms with Gasteiger partial charge in [0.05, 0.1) is 12.7 Å². The van der Waals surface area contributed by atoms with Crippen molar-refractivity contribution in [3.8, 4) is 0 Å². The van der Waals surface area contributed by atoms with Crippen molar-refractivity contribution in [3.63, 3.8) is 0 Å². The first-order valence-corrected chi connectivity index (χ1v) is 9.87. The molecule has 0 aliphatic carbocycles. The molecule has 0 aromatic heterocycles. The number of carboxylic acids is 4. The maximum Gasteiger partial charge on any atom is 0.323 e. The highest BCUT2D eigenvalue weighted by molar-refractivity contribution is 5.77. The standard InChI is InChI=1S/C6H13NO2.C5H10N2O3.C4H9NO3.C3H7NO3/c1-3-4(2)5(7)6(8)9;6-3(5(9)10)1-2-4(7)8;1-2(6)3(5)4(7)8;4-2(1-5)3(6)7/h4-5H,3,7H2,1-2H3,(H,8,9);3H,1-2,6H2,(H2,7,8)(H,9,10);2-3,6H,5H2,1H3,(H,7,8);2,5H,1,4H2,(H,6,7)/t4-,5-;3-;2-,3+;2-/m0010/s1. The minimum absolute atomic E-state index is 0.0213. The summed E-state index contributed by atoms with van der Waals surface area (Å²) in [6.07, 6.45) is -0.0431. The van der Waals surface area contributed by atoms with Gasteiger partial charge in [0.15, 0.2) is 0 Å². The summed E-state index contributed by atoms with van der Waals surface area (Å²) >= 11 is 0. The van der Waals surface area contributed by atoms with E-state index in [0.29, 0.717) is 0 Å². The van der Waals surface area contributed by atoms with Crippen molar-refractivity contribution < 1.29 is 54.6 Å². The molecule has 0 aliphatic rings. The number of carboxylic acid groups (broad SMARTS) is 4. The van der Waals surface area contributed by atoms with E-state index in [4.69, 9.17) is 59.3 Å². The number of carbonyl (C=O) groups excluding carboxylic acids is 1. The lowest BCUT2D eigenvalue weighted by atomic mass is 10.0. The summed E-state index contributed by atoms with van der Waals surface area (Å²) in [7, 11) is 0. The minimum atomic E-state index is -1.18. The SMILES string of the molecule is CC[C@H](C)[C@H](N)C(=O)O.C[C@@H](O)[C@H](N)C(=O)O.NC(=O)CC[C@H](N)C(=O)O.N[C@@H](CO)C(=O)O. The van der Waals surface area contributed by atoms with Gasteiger partial charge in [0, 0.05) is 6.42 Å². The second-order valence-electron chi connectivity index (χ2n) is 6.93. The molecule has 6 atom stereocenters. The van der Waals surface area contributed by atoms with Crippen molar-refractivity contribution in [1.29, 1.82) is 0 Å². The summed E-state index contributed by atoms with van der Waals surface area (Å²) in [6.45, 7) is 4.58. The van der Waals surface area contributed by atoms with Crippen molar-refractivity contribution in [1.82, 2.24) is 0 Å². The lowest BCUT2D eigenvalue weighted by Gasteiger charge is -2.11. The van der Waals surface area contributed by atoms with Crippen LogP contribution in [0, 0.1) is 5.92 Å². The van der Waals surface area contributed by atoms with Gasteiger partial charge in [-0.1, -0.05) is 20.3 Å². The molecule has 0 rings (SSSR count). The molecule has 202 valence electrons. The van der Waals surface area contributed by atoms with Crippen molar-refractivity contribution in [3.05, 3.63) is 0 Å². The number of hydrogen-bond acceptors (Lipinski definition) is 11. The van der Waals surface area contributed by atoms with Crippen molar-refractivity contribution in [2.45, 2.75) is 70.3 Å². The molecular formula is C18H39N5O11. The smallest absolute Gasteiger partial charge is 0.323 e. The Kier molecular flexibility index (Phi) is 24.8. The Morgan fingerprint density at radius 2 is 1.12 bits per heavy atom. The minimum Gasteiger partial charge on any atom is -0.480 e. The molecule has 0 aromatic rings. The lowest BCUT2D eigenvalue weighted by molar-refractivity contribution is -0.141. The zero-order valence-corrected chi connectivity index (χ0v) is 19.4. The third kappa shape index (κ3) is 25.4. The third-order valence-electron chi connectivity index (χ3n) is 3.88. The number of carbonyl (C=O) groups is 5. The van der Waals surface area contributed by atoms with E-state index in [1.54, 1.807) is 0 Å². The van der Waals surface area contributed by atoms with Crippen LogP contribution in [-0.2, 0) is 24.0 Å². The molecule has 0 spiro atoms. The van der Waals surface area contributed by atoms with Crippen LogP contribution in [0.2, 0.25) is 0 Å². The molecule has 1 amide bonds. The van der Waals surface area contributed by atoms with E-state index in [-0.39, 0.29) is 18.8 Å². The molecule has 0 radical (unpaired) electrons. The van der Waals surface area contributed by atoms with Gasteiger partial charge in [-0.15, -0.1) is 0 Å². The fourth-order valence-electron chi connectivity index (χ4n) is 1.20. The molecule has 0 heterocycles. The molecular weight excluding hydrogens is 462 g/mol. The highest BCUT2D eigenvalue weighted by Crippen LogP contribution is 2.04. The number of aliphatic hydroxyl groups is 2. The monoisotopic (exact) mass is 501 g/mol. The number of aliphatic hydroxyl groups excluding tert-OH is 2. The van der Waals surface area contributed by atoms with E-state index < -0.39 is 66.7 Å². The highest BCUT2D eigenvalue weighted by atomic mass is 16.4. The van der Waals surface area contributed by atoms with Crippen LogP contribution in [0.5, 0.6) is 0 Å². The van der Waals surface area contributed by atoms with Crippen LogP contribution in [0.15, 0.2) is 0 Å². The number of primary amides is 1. The predicted molar refractivity (Wildman–Crippen MR) is 119 cm³/mol. The van der Waals surface area contributed by atoms with Crippen molar-refractivity contribution >= 4 is 29.8 Å². The lowest BCUT2D eigenvalue weighted by Crippen LogP contribution is -2.39. The molecule has 34 heavy (non-hydrogen) atoms. The van der Waals surface area contributed by atoms with Gasteiger partial charge in [-0.25, -0.2) is 0 Å². The second-order valence-corrected chi connectivity index (χ2v) is 6.93. The molecule has 16 N–H and O–H groups in total. The first-order valence-electron chi connectivity index (χ1n) is 9.87. The second kappa shape index (κ2) is 21.9. The van der Waals surface area contributed by atoms with Crippen LogP contribution >= 0.6 is 0 Å². The van der Waals surface area contributed by atoms with Gasteiger partial charge in [-0.05, 0) is 19.3 Å². The van der Waals surface area contributed by atoms with Gasteiger partial charge in [-0.3, -0.25) is 24.0 Å². The van der Waals surface area contributed by atoms with Gasteiger partial charge in [0.2, 0.25) is 5.91 Å². The first kappa shape index (κ1) is 38.4. The Bertz CT molecular complexity index is 619. The van der Waals surface area contributed by atoms with E-state index >= 15 is 0 Å². The fourth-order valence-corrected chi connectivity index (χ4v) is 1.20. The summed E-state index contributed by atoms with van der Waals surface area (Å²) in [5, 5.41) is 49.0. The van der Waals surface area contributed by atoms with E-state index in [1.165, 1.54) is 6.92 Å². The van der Waals surface area contributed by atoms with Gasteiger partial charge < -0.3 is 59.3 Å². The highest BCUT2D eigenvalue weighted by Gasteiger charge is 2.17. The number of amides is 1. The van der Waals surface area contributed by atoms with Crippen molar-refractivity contribution in [2.75, 3.05) is 6.61 Å². The molecule has 16 heteroatoms. The molecule has 0 unspecified atom stereocenters. The number of rotatable bonds is 11. The fraction of sp³-hybridized carbons (Fsp3) is 0.722. The Balaban J connectivity index is -0.000000178. The van der Waals surface area contributed by atoms with Gasteiger partial charge in [0.1, 0.15) is 24.2 Å². The van der Waals surface area contributed by atoms with Crippen LogP contribution in [0.4, 0.5) is 0 Å². The molecule has 16 nitrogen and oxygen atoms in total. The van der Waals surface area contributed by atoms with E-state index in [9.17, 15) is 24.0 Å². The zero-order chi connectivity index (χ0) is 28.2. The van der Waals surface area contributed by atoms with Crippen LogP contribution in [0.3, 0.4) is 0 Å².